The van der Waals surface area contributed by atoms with E-state index in [-0.39, 0.29) is 11.4 Å². The number of nitrogens with zero attached hydrogens (tertiary/aromatic N) is 1. The molecule has 3 aromatic rings. The summed E-state index contributed by atoms with van der Waals surface area (Å²) in [4.78, 5) is 1.16. The second-order valence-electron chi connectivity index (χ2n) is 4.94. The van der Waals surface area contributed by atoms with E-state index in [2.05, 4.69) is 0 Å². The molecule has 0 atom stereocenters. The van der Waals surface area contributed by atoms with Crippen LogP contribution in [0.5, 0.6) is 0 Å². The largest absolute Gasteiger partial charge is 0.472 e. The molecule has 0 aliphatic carbocycles. The maximum atomic E-state index is 13.0. The molecule has 120 valence electrons. The van der Waals surface area contributed by atoms with E-state index in [4.69, 9.17) is 16.0 Å². The van der Waals surface area contributed by atoms with Gasteiger partial charge in [-0.1, -0.05) is 23.7 Å². The Bertz CT molecular complexity index is 822. The quantitative estimate of drug-likeness (QED) is 0.649. The highest BCUT2D eigenvalue weighted by Gasteiger charge is 2.25. The maximum absolute atomic E-state index is 13.0. The van der Waals surface area contributed by atoms with Crippen molar-refractivity contribution in [2.75, 3.05) is 0 Å². The van der Waals surface area contributed by atoms with Gasteiger partial charge in [0.15, 0.2) is 0 Å². The van der Waals surface area contributed by atoms with Crippen molar-refractivity contribution in [3.63, 3.8) is 0 Å². The van der Waals surface area contributed by atoms with E-state index in [1.807, 2.05) is 17.5 Å². The lowest BCUT2D eigenvalue weighted by Gasteiger charge is -2.21. The van der Waals surface area contributed by atoms with E-state index in [0.29, 0.717) is 11.6 Å². The number of thiophene rings is 1. The molecule has 7 heteroatoms. The van der Waals surface area contributed by atoms with Crippen molar-refractivity contribution in [1.29, 1.82) is 0 Å². The third kappa shape index (κ3) is 3.84. The van der Waals surface area contributed by atoms with E-state index in [9.17, 15) is 8.42 Å². The first kappa shape index (κ1) is 16.3. The van der Waals surface area contributed by atoms with Gasteiger partial charge in [0.05, 0.1) is 17.4 Å². The molecule has 0 spiro atoms. The van der Waals surface area contributed by atoms with Gasteiger partial charge in [0.2, 0.25) is 10.0 Å². The summed E-state index contributed by atoms with van der Waals surface area (Å²) in [6.07, 6.45) is 3.08. The van der Waals surface area contributed by atoms with E-state index in [0.717, 1.165) is 10.4 Å². The number of benzene rings is 1. The predicted octanol–water partition coefficient (Wildman–Crippen LogP) is 4.39. The van der Waals surface area contributed by atoms with Crippen molar-refractivity contribution in [2.24, 2.45) is 0 Å². The van der Waals surface area contributed by atoms with E-state index >= 15 is 0 Å². The fraction of sp³-hybridized carbons (Fsp3) is 0.125. The summed E-state index contributed by atoms with van der Waals surface area (Å²) in [6, 6.07) is 11.9. The summed E-state index contributed by atoms with van der Waals surface area (Å²) in [6.45, 7) is 0.543. The van der Waals surface area contributed by atoms with Crippen LogP contribution < -0.4 is 0 Å². The van der Waals surface area contributed by atoms with Crippen LogP contribution in [-0.2, 0) is 23.1 Å². The Labute approximate surface area is 144 Å². The van der Waals surface area contributed by atoms with Crippen molar-refractivity contribution < 1.29 is 12.8 Å². The minimum atomic E-state index is -3.66. The number of furan rings is 1. The lowest BCUT2D eigenvalue weighted by molar-refractivity contribution is 0.402. The van der Waals surface area contributed by atoms with Crippen molar-refractivity contribution >= 4 is 33.0 Å². The molecule has 0 N–H and O–H groups in total. The first-order chi connectivity index (χ1) is 11.1. The smallest absolute Gasteiger partial charge is 0.243 e. The molecular weight excluding hydrogens is 354 g/mol. The molecule has 4 nitrogen and oxygen atoms in total. The molecule has 0 aliphatic heterocycles. The molecule has 2 aromatic heterocycles. The Balaban J connectivity index is 1.95. The summed E-state index contributed by atoms with van der Waals surface area (Å²) in [5.74, 6) is 0. The van der Waals surface area contributed by atoms with Gasteiger partial charge in [-0.15, -0.1) is 11.3 Å². The molecule has 0 saturated carbocycles. The van der Waals surface area contributed by atoms with Gasteiger partial charge in [0.25, 0.3) is 0 Å². The number of rotatable bonds is 6. The van der Waals surface area contributed by atoms with Gasteiger partial charge in [-0.25, -0.2) is 8.42 Å². The molecule has 0 unspecified atom stereocenters. The minimum Gasteiger partial charge on any atom is -0.472 e. The number of halogens is 1. The van der Waals surface area contributed by atoms with Crippen LogP contribution in [0, 0.1) is 0 Å². The molecule has 3 rings (SSSR count). The molecule has 0 aliphatic rings. The standard InChI is InChI=1S/C16H14ClNO3S2/c17-14-3-1-5-16(9-14)23(19,20)18(10-13-6-7-21-12-13)11-15-4-2-8-22-15/h1-9,12H,10-11H2. The van der Waals surface area contributed by atoms with Crippen LogP contribution >= 0.6 is 22.9 Å². The Morgan fingerprint density at radius 2 is 2.00 bits per heavy atom. The van der Waals surface area contributed by atoms with Crippen LogP contribution in [0.2, 0.25) is 5.02 Å². The summed E-state index contributed by atoms with van der Waals surface area (Å²) in [5, 5.41) is 2.32. The van der Waals surface area contributed by atoms with E-state index in [1.54, 1.807) is 30.5 Å². The molecule has 0 radical (unpaired) electrons. The lowest BCUT2D eigenvalue weighted by Crippen LogP contribution is -2.29. The number of hydrogen-bond acceptors (Lipinski definition) is 4. The molecule has 0 bridgehead atoms. The number of hydrogen-bond donors (Lipinski definition) is 0. The molecule has 23 heavy (non-hydrogen) atoms. The Morgan fingerprint density at radius 3 is 2.65 bits per heavy atom. The van der Waals surface area contributed by atoms with Gasteiger partial charge in [-0.05, 0) is 35.7 Å². The first-order valence-corrected chi connectivity index (χ1v) is 9.54. The van der Waals surface area contributed by atoms with Crippen LogP contribution in [-0.4, -0.2) is 12.7 Å². The van der Waals surface area contributed by atoms with Gasteiger partial charge in [-0.3, -0.25) is 0 Å². The van der Waals surface area contributed by atoms with Gasteiger partial charge in [0, 0.05) is 28.6 Å². The van der Waals surface area contributed by atoms with Crippen molar-refractivity contribution in [3.05, 3.63) is 75.8 Å². The second-order valence-corrected chi connectivity index (χ2v) is 8.35. The Morgan fingerprint density at radius 1 is 1.13 bits per heavy atom. The zero-order valence-corrected chi connectivity index (χ0v) is 14.4. The third-order valence-corrected chi connectivity index (χ3v) is 6.17. The monoisotopic (exact) mass is 367 g/mol. The zero-order chi connectivity index (χ0) is 16.3. The third-order valence-electron chi connectivity index (χ3n) is 3.29. The molecular formula is C16H14ClNO3S2. The van der Waals surface area contributed by atoms with Crippen molar-refractivity contribution in [3.8, 4) is 0 Å². The molecule has 0 saturated heterocycles. The SMILES string of the molecule is O=S(=O)(c1cccc(Cl)c1)N(Cc1ccoc1)Cc1cccs1. The highest BCUT2D eigenvalue weighted by molar-refractivity contribution is 7.89. The van der Waals surface area contributed by atoms with E-state index in [1.165, 1.54) is 28.0 Å². The first-order valence-electron chi connectivity index (χ1n) is 6.85. The maximum Gasteiger partial charge on any atom is 0.243 e. The lowest BCUT2D eigenvalue weighted by atomic mass is 10.3. The van der Waals surface area contributed by atoms with Crippen LogP contribution in [0.25, 0.3) is 0 Å². The van der Waals surface area contributed by atoms with Gasteiger partial charge < -0.3 is 4.42 Å². The average Bonchev–Trinajstić information content (AvgIpc) is 3.20. The average molecular weight is 368 g/mol. The summed E-state index contributed by atoms with van der Waals surface area (Å²) in [7, 11) is -3.66. The topological polar surface area (TPSA) is 50.5 Å². The van der Waals surface area contributed by atoms with Crippen LogP contribution in [0.15, 0.2) is 69.7 Å². The van der Waals surface area contributed by atoms with Gasteiger partial charge in [0.1, 0.15) is 0 Å². The Kier molecular flexibility index (Phi) is 4.87. The number of sulfonamides is 1. The summed E-state index contributed by atoms with van der Waals surface area (Å²) < 4.78 is 32.4. The highest BCUT2D eigenvalue weighted by Crippen LogP contribution is 2.24. The molecule has 1 aromatic carbocycles. The van der Waals surface area contributed by atoms with Crippen LogP contribution in [0.1, 0.15) is 10.4 Å². The molecule has 0 amide bonds. The van der Waals surface area contributed by atoms with Gasteiger partial charge >= 0.3 is 0 Å². The molecule has 0 fully saturated rings. The highest BCUT2D eigenvalue weighted by atomic mass is 35.5. The minimum absolute atomic E-state index is 0.185. The fourth-order valence-corrected chi connectivity index (χ4v) is 4.67. The van der Waals surface area contributed by atoms with E-state index < -0.39 is 10.0 Å². The summed E-state index contributed by atoms with van der Waals surface area (Å²) in [5.41, 5.74) is 0.798. The van der Waals surface area contributed by atoms with Crippen molar-refractivity contribution in [2.45, 2.75) is 18.0 Å². The predicted molar refractivity (Wildman–Crippen MR) is 90.9 cm³/mol. The summed E-state index contributed by atoms with van der Waals surface area (Å²) >= 11 is 7.47. The van der Waals surface area contributed by atoms with Gasteiger partial charge in [-0.2, -0.15) is 4.31 Å². The second kappa shape index (κ2) is 6.88. The Hall–Kier alpha value is -1.60. The van der Waals surface area contributed by atoms with Crippen molar-refractivity contribution in [1.82, 2.24) is 4.31 Å². The van der Waals surface area contributed by atoms with Crippen LogP contribution in [0.3, 0.4) is 0 Å². The zero-order valence-electron chi connectivity index (χ0n) is 12.1. The normalized spacial score (nSPS) is 11.9. The fourth-order valence-electron chi connectivity index (χ4n) is 2.16. The van der Waals surface area contributed by atoms with Crippen LogP contribution in [0.4, 0.5) is 0 Å². The molecule has 2 heterocycles.